The van der Waals surface area contributed by atoms with Crippen LogP contribution in [-0.2, 0) is 0 Å². The second-order valence-corrected chi connectivity index (χ2v) is 8.96. The first-order chi connectivity index (χ1) is 19.4. The van der Waals surface area contributed by atoms with E-state index in [1.54, 1.807) is 66.7 Å². The second kappa shape index (κ2) is 12.1. The highest BCUT2D eigenvalue weighted by molar-refractivity contribution is 6.30. The number of rotatable bonds is 9. The summed E-state index contributed by atoms with van der Waals surface area (Å²) in [6.07, 6.45) is 3.22. The molecule has 0 unspecified atom stereocenters. The SMILES string of the molecule is O=C(/C=C/c1ccc(Cl)cc1)c1ccc(Nc2nc(Nc3ccc(F)cc3)nc(Nc3ccc(F)cc3)n2)cc1. The Morgan fingerprint density at radius 3 is 1.43 bits per heavy atom. The molecule has 0 aliphatic heterocycles. The van der Waals surface area contributed by atoms with Gasteiger partial charge < -0.3 is 16.0 Å². The summed E-state index contributed by atoms with van der Waals surface area (Å²) in [7, 11) is 0. The molecular weight excluding hydrogens is 534 g/mol. The summed E-state index contributed by atoms with van der Waals surface area (Å²) < 4.78 is 26.7. The number of hydrogen-bond donors (Lipinski definition) is 3. The van der Waals surface area contributed by atoms with E-state index in [0.29, 0.717) is 27.6 Å². The standard InChI is InChI=1S/C30H21ClF2N6O/c31-21-6-1-19(2-7-21)3-18-27(40)20-4-12-24(13-5-20)34-28-37-29(35-25-14-8-22(32)9-15-25)39-30(38-28)36-26-16-10-23(33)11-17-26/h1-18H,(H3,34,35,36,37,38,39)/b18-3+. The molecule has 0 radical (unpaired) electrons. The van der Waals surface area contributed by atoms with Crippen LogP contribution in [0.5, 0.6) is 0 Å². The lowest BCUT2D eigenvalue weighted by Gasteiger charge is -2.12. The summed E-state index contributed by atoms with van der Waals surface area (Å²) in [5.41, 5.74) is 3.14. The average Bonchev–Trinajstić information content (AvgIpc) is 2.95. The smallest absolute Gasteiger partial charge is 0.233 e. The van der Waals surface area contributed by atoms with Crippen LogP contribution in [0.1, 0.15) is 15.9 Å². The normalized spacial score (nSPS) is 10.9. The predicted octanol–water partition coefficient (Wildman–Crippen LogP) is 7.93. The van der Waals surface area contributed by atoms with E-state index in [4.69, 9.17) is 11.6 Å². The van der Waals surface area contributed by atoms with Crippen molar-refractivity contribution in [3.8, 4) is 0 Å². The van der Waals surface area contributed by atoms with Crippen molar-refractivity contribution >= 4 is 58.4 Å². The zero-order chi connectivity index (χ0) is 27.9. The molecule has 5 rings (SSSR count). The molecule has 0 spiro atoms. The van der Waals surface area contributed by atoms with Gasteiger partial charge in [0.05, 0.1) is 0 Å². The van der Waals surface area contributed by atoms with Gasteiger partial charge in [-0.15, -0.1) is 0 Å². The number of aromatic nitrogens is 3. The molecule has 1 heterocycles. The number of allylic oxidation sites excluding steroid dienone is 1. The second-order valence-electron chi connectivity index (χ2n) is 8.52. The van der Waals surface area contributed by atoms with Crippen LogP contribution in [0, 0.1) is 11.6 Å². The number of hydrogen-bond acceptors (Lipinski definition) is 7. The molecule has 1 aromatic heterocycles. The molecule has 3 N–H and O–H groups in total. The molecule has 5 aromatic rings. The van der Waals surface area contributed by atoms with Gasteiger partial charge in [0.2, 0.25) is 17.8 Å². The van der Waals surface area contributed by atoms with Gasteiger partial charge in [0.15, 0.2) is 5.78 Å². The van der Waals surface area contributed by atoms with Crippen molar-refractivity contribution in [3.63, 3.8) is 0 Å². The summed E-state index contributed by atoms with van der Waals surface area (Å²) in [5, 5.41) is 9.76. The number of ketones is 1. The molecule has 40 heavy (non-hydrogen) atoms. The largest absolute Gasteiger partial charge is 0.324 e. The topological polar surface area (TPSA) is 91.8 Å². The predicted molar refractivity (Wildman–Crippen MR) is 154 cm³/mol. The lowest BCUT2D eigenvalue weighted by Crippen LogP contribution is -2.07. The van der Waals surface area contributed by atoms with E-state index in [9.17, 15) is 13.6 Å². The van der Waals surface area contributed by atoms with Crippen molar-refractivity contribution in [3.05, 3.63) is 131 Å². The highest BCUT2D eigenvalue weighted by atomic mass is 35.5. The first-order valence-electron chi connectivity index (χ1n) is 12.1. The molecule has 0 amide bonds. The van der Waals surface area contributed by atoms with Gasteiger partial charge in [0.1, 0.15) is 11.6 Å². The first kappa shape index (κ1) is 26.5. The van der Waals surface area contributed by atoms with Crippen LogP contribution in [-0.4, -0.2) is 20.7 Å². The van der Waals surface area contributed by atoms with E-state index >= 15 is 0 Å². The van der Waals surface area contributed by atoms with Crippen LogP contribution in [0.2, 0.25) is 5.02 Å². The maximum atomic E-state index is 13.3. The Bertz CT molecular complexity index is 1580. The monoisotopic (exact) mass is 554 g/mol. The van der Waals surface area contributed by atoms with Crippen LogP contribution in [0.4, 0.5) is 43.7 Å². The Labute approximate surface area is 233 Å². The fraction of sp³-hybridized carbons (Fsp3) is 0. The first-order valence-corrected chi connectivity index (χ1v) is 12.4. The van der Waals surface area contributed by atoms with Gasteiger partial charge in [-0.3, -0.25) is 4.79 Å². The van der Waals surface area contributed by atoms with E-state index in [0.717, 1.165) is 5.56 Å². The number of anilines is 6. The molecule has 0 atom stereocenters. The number of nitrogens with zero attached hydrogens (tertiary/aromatic N) is 3. The Kier molecular flexibility index (Phi) is 8.03. The molecule has 0 bridgehead atoms. The van der Waals surface area contributed by atoms with E-state index < -0.39 is 0 Å². The zero-order valence-corrected chi connectivity index (χ0v) is 21.5. The highest BCUT2D eigenvalue weighted by Gasteiger charge is 2.10. The van der Waals surface area contributed by atoms with Crippen molar-refractivity contribution in [1.29, 1.82) is 0 Å². The molecule has 4 aromatic carbocycles. The van der Waals surface area contributed by atoms with Crippen molar-refractivity contribution in [2.45, 2.75) is 0 Å². The highest BCUT2D eigenvalue weighted by Crippen LogP contribution is 2.22. The van der Waals surface area contributed by atoms with E-state index in [2.05, 4.69) is 30.9 Å². The molecule has 7 nitrogen and oxygen atoms in total. The van der Waals surface area contributed by atoms with Gasteiger partial charge in [-0.1, -0.05) is 29.8 Å². The summed E-state index contributed by atoms with van der Waals surface area (Å²) in [4.78, 5) is 25.8. The fourth-order valence-electron chi connectivity index (χ4n) is 3.56. The summed E-state index contributed by atoms with van der Waals surface area (Å²) >= 11 is 5.90. The Hall–Kier alpha value is -5.15. The Balaban J connectivity index is 1.34. The number of halogens is 3. The van der Waals surface area contributed by atoms with Crippen molar-refractivity contribution in [1.82, 2.24) is 15.0 Å². The summed E-state index contributed by atoms with van der Waals surface area (Å²) in [5.74, 6) is -0.320. The minimum atomic E-state index is -0.371. The lowest BCUT2D eigenvalue weighted by atomic mass is 10.1. The van der Waals surface area contributed by atoms with E-state index in [1.165, 1.54) is 30.3 Å². The lowest BCUT2D eigenvalue weighted by molar-refractivity contribution is 0.104. The summed E-state index contributed by atoms with van der Waals surface area (Å²) in [6.45, 7) is 0. The third-order valence-corrected chi connectivity index (χ3v) is 5.81. The van der Waals surface area contributed by atoms with Gasteiger partial charge in [-0.25, -0.2) is 8.78 Å². The van der Waals surface area contributed by atoms with E-state index in [1.807, 2.05) is 12.1 Å². The van der Waals surface area contributed by atoms with Crippen molar-refractivity contribution in [2.75, 3.05) is 16.0 Å². The van der Waals surface area contributed by atoms with E-state index in [-0.39, 0.29) is 35.3 Å². The average molecular weight is 555 g/mol. The van der Waals surface area contributed by atoms with Crippen LogP contribution < -0.4 is 16.0 Å². The Morgan fingerprint density at radius 2 is 1.00 bits per heavy atom. The number of nitrogens with one attached hydrogen (secondary N) is 3. The van der Waals surface area contributed by atoms with Gasteiger partial charge in [0.25, 0.3) is 0 Å². The maximum Gasteiger partial charge on any atom is 0.233 e. The van der Waals surface area contributed by atoms with Gasteiger partial charge >= 0.3 is 0 Å². The quantitative estimate of drug-likeness (QED) is 0.126. The van der Waals surface area contributed by atoms with Crippen LogP contribution >= 0.6 is 11.6 Å². The fourth-order valence-corrected chi connectivity index (χ4v) is 3.68. The molecule has 0 aliphatic carbocycles. The van der Waals surface area contributed by atoms with Crippen LogP contribution in [0.25, 0.3) is 6.08 Å². The number of carbonyl (C=O) groups is 1. The maximum absolute atomic E-state index is 13.3. The van der Waals surface area contributed by atoms with Crippen LogP contribution in [0.3, 0.4) is 0 Å². The van der Waals surface area contributed by atoms with Crippen molar-refractivity contribution < 1.29 is 13.6 Å². The van der Waals surface area contributed by atoms with Crippen LogP contribution in [0.15, 0.2) is 103 Å². The molecular formula is C30H21ClF2N6O. The van der Waals surface area contributed by atoms with Crippen molar-refractivity contribution in [2.24, 2.45) is 0 Å². The van der Waals surface area contributed by atoms with Gasteiger partial charge in [-0.05, 0) is 96.6 Å². The third-order valence-electron chi connectivity index (χ3n) is 5.56. The molecule has 0 aliphatic rings. The third kappa shape index (κ3) is 7.24. The minimum Gasteiger partial charge on any atom is -0.324 e. The minimum absolute atomic E-state index is 0.154. The molecule has 198 valence electrons. The van der Waals surface area contributed by atoms with Gasteiger partial charge in [0, 0.05) is 27.6 Å². The zero-order valence-electron chi connectivity index (χ0n) is 20.8. The number of carbonyl (C=O) groups excluding carboxylic acids is 1. The summed E-state index contributed by atoms with van der Waals surface area (Å²) in [6, 6.07) is 25.5. The van der Waals surface area contributed by atoms with Gasteiger partial charge in [-0.2, -0.15) is 15.0 Å². The molecule has 0 saturated heterocycles. The molecule has 10 heteroatoms. The Morgan fingerprint density at radius 1 is 0.600 bits per heavy atom. The number of benzene rings is 4. The molecule has 0 fully saturated rings. The molecule has 0 saturated carbocycles.